The summed E-state index contributed by atoms with van der Waals surface area (Å²) in [5.41, 5.74) is 3.60. The van der Waals surface area contributed by atoms with Crippen molar-refractivity contribution in [2.75, 3.05) is 6.61 Å². The number of nitrogens with zero attached hydrogens (tertiary/aromatic N) is 2. The van der Waals surface area contributed by atoms with Gasteiger partial charge in [0.1, 0.15) is 11.6 Å². The fourth-order valence-electron chi connectivity index (χ4n) is 3.34. The molecule has 0 bridgehead atoms. The van der Waals surface area contributed by atoms with Crippen LogP contribution < -0.4 is 10.1 Å². The van der Waals surface area contributed by atoms with E-state index in [1.807, 2.05) is 65.0 Å². The number of hydrogen-bond acceptors (Lipinski definition) is 3. The van der Waals surface area contributed by atoms with Crippen LogP contribution in [0.3, 0.4) is 0 Å². The zero-order valence-electron chi connectivity index (χ0n) is 18.4. The summed E-state index contributed by atoms with van der Waals surface area (Å²) in [6.45, 7) is 11.4. The number of imidazole rings is 1. The first-order chi connectivity index (χ1) is 14.2. The molecule has 2 aromatic carbocycles. The number of para-hydroxylation sites is 2. The lowest BCUT2D eigenvalue weighted by molar-refractivity contribution is -0.128. The third-order valence-corrected chi connectivity index (χ3v) is 5.62. The summed E-state index contributed by atoms with van der Waals surface area (Å²) in [6.07, 6.45) is 0.821. The maximum absolute atomic E-state index is 12.3. The number of aryl methyl sites for hydroxylation is 3. The maximum atomic E-state index is 12.3. The van der Waals surface area contributed by atoms with Crippen LogP contribution in [-0.2, 0) is 17.9 Å². The molecule has 0 radical (unpaired) electrons. The average Bonchev–Trinajstić information content (AvgIpc) is 3.04. The smallest absolute Gasteiger partial charge is 0.225 e. The molecular weight excluding hydrogens is 398 g/mol. The Kier molecular flexibility index (Phi) is 6.71. The highest BCUT2D eigenvalue weighted by Crippen LogP contribution is 2.26. The number of nitrogens with one attached hydrogen (secondary N) is 1. The fraction of sp³-hybridized carbons (Fsp3) is 0.417. The predicted molar refractivity (Wildman–Crippen MR) is 122 cm³/mol. The van der Waals surface area contributed by atoms with Crippen LogP contribution in [0.4, 0.5) is 0 Å². The molecule has 0 aliphatic heterocycles. The van der Waals surface area contributed by atoms with Crippen molar-refractivity contribution in [3.63, 3.8) is 0 Å². The molecule has 5 nitrogen and oxygen atoms in total. The number of aromatic nitrogens is 2. The highest BCUT2D eigenvalue weighted by atomic mass is 35.5. The van der Waals surface area contributed by atoms with Gasteiger partial charge in [-0.05, 0) is 55.7 Å². The van der Waals surface area contributed by atoms with Crippen LogP contribution in [0.15, 0.2) is 36.4 Å². The van der Waals surface area contributed by atoms with E-state index in [0.29, 0.717) is 13.2 Å². The van der Waals surface area contributed by atoms with Crippen molar-refractivity contribution < 1.29 is 9.53 Å². The molecule has 0 aliphatic carbocycles. The number of halogens is 1. The fourth-order valence-corrected chi connectivity index (χ4v) is 3.45. The highest BCUT2D eigenvalue weighted by molar-refractivity contribution is 6.32. The third-order valence-electron chi connectivity index (χ3n) is 5.03. The van der Waals surface area contributed by atoms with Gasteiger partial charge in [-0.2, -0.15) is 0 Å². The number of hydrogen-bond donors (Lipinski definition) is 1. The number of rotatable bonds is 7. The number of carbonyl (C=O) groups excluding carboxylic acids is 1. The van der Waals surface area contributed by atoms with E-state index in [1.165, 1.54) is 0 Å². The van der Waals surface area contributed by atoms with Crippen molar-refractivity contribution in [2.24, 2.45) is 5.41 Å². The second-order valence-electron chi connectivity index (χ2n) is 8.67. The van der Waals surface area contributed by atoms with Gasteiger partial charge in [-0.25, -0.2) is 4.98 Å². The van der Waals surface area contributed by atoms with Crippen LogP contribution in [0.1, 0.15) is 44.1 Å². The normalized spacial score (nSPS) is 11.7. The summed E-state index contributed by atoms with van der Waals surface area (Å²) in [5, 5.41) is 3.79. The monoisotopic (exact) mass is 427 g/mol. The van der Waals surface area contributed by atoms with Gasteiger partial charge in [0.2, 0.25) is 5.91 Å². The van der Waals surface area contributed by atoms with Crippen LogP contribution in [-0.4, -0.2) is 22.1 Å². The molecule has 3 rings (SSSR count). The van der Waals surface area contributed by atoms with Gasteiger partial charge in [-0.3, -0.25) is 4.79 Å². The van der Waals surface area contributed by atoms with Crippen LogP contribution in [0, 0.1) is 19.3 Å². The highest BCUT2D eigenvalue weighted by Gasteiger charge is 2.21. The van der Waals surface area contributed by atoms with Crippen molar-refractivity contribution in [1.82, 2.24) is 14.9 Å². The van der Waals surface area contributed by atoms with E-state index in [1.54, 1.807) is 0 Å². The molecule has 3 aromatic rings. The number of benzene rings is 2. The molecule has 0 aliphatic rings. The van der Waals surface area contributed by atoms with Crippen molar-refractivity contribution in [3.05, 3.63) is 58.4 Å². The Morgan fingerprint density at radius 2 is 1.83 bits per heavy atom. The van der Waals surface area contributed by atoms with E-state index in [-0.39, 0.29) is 5.91 Å². The second kappa shape index (κ2) is 9.09. The van der Waals surface area contributed by atoms with E-state index in [4.69, 9.17) is 21.3 Å². The minimum absolute atomic E-state index is 0.0120. The van der Waals surface area contributed by atoms with Crippen molar-refractivity contribution in [2.45, 2.75) is 54.1 Å². The largest absolute Gasteiger partial charge is 0.494 e. The Morgan fingerprint density at radius 1 is 1.17 bits per heavy atom. The molecule has 160 valence electrons. The number of amides is 1. The quantitative estimate of drug-likeness (QED) is 0.511. The molecule has 30 heavy (non-hydrogen) atoms. The Balaban J connectivity index is 1.68. The molecule has 0 atom stereocenters. The number of carbonyl (C=O) groups is 1. The molecule has 0 saturated heterocycles. The first-order valence-corrected chi connectivity index (χ1v) is 10.7. The molecule has 1 aromatic heterocycles. The second-order valence-corrected chi connectivity index (χ2v) is 9.05. The molecule has 0 fully saturated rings. The van der Waals surface area contributed by atoms with Gasteiger partial charge >= 0.3 is 0 Å². The molecule has 6 heteroatoms. The predicted octanol–water partition coefficient (Wildman–Crippen LogP) is 5.44. The van der Waals surface area contributed by atoms with Gasteiger partial charge in [-0.15, -0.1) is 0 Å². The van der Waals surface area contributed by atoms with Gasteiger partial charge in [0.15, 0.2) is 0 Å². The van der Waals surface area contributed by atoms with Crippen LogP contribution in [0.2, 0.25) is 5.02 Å². The SMILES string of the molecule is Cc1cc(OCCCn2c(CNC(=O)C(C)(C)C)nc3ccccc32)cc(C)c1Cl. The van der Waals surface area contributed by atoms with Crippen molar-refractivity contribution in [3.8, 4) is 5.75 Å². The van der Waals surface area contributed by atoms with Gasteiger partial charge in [-0.1, -0.05) is 44.5 Å². The summed E-state index contributed by atoms with van der Waals surface area (Å²) in [4.78, 5) is 17.0. The van der Waals surface area contributed by atoms with E-state index >= 15 is 0 Å². The topological polar surface area (TPSA) is 56.1 Å². The average molecular weight is 428 g/mol. The Labute approximate surface area is 183 Å². The summed E-state index contributed by atoms with van der Waals surface area (Å²) in [5.74, 6) is 1.70. The van der Waals surface area contributed by atoms with Gasteiger partial charge < -0.3 is 14.6 Å². The van der Waals surface area contributed by atoms with Crippen LogP contribution >= 0.6 is 11.6 Å². The molecule has 1 N–H and O–H groups in total. The zero-order chi connectivity index (χ0) is 21.9. The van der Waals surface area contributed by atoms with Gasteiger partial charge in [0, 0.05) is 17.0 Å². The summed E-state index contributed by atoms with van der Waals surface area (Å²) in [6, 6.07) is 12.0. The molecule has 0 saturated carbocycles. The molecule has 0 spiro atoms. The standard InChI is InChI=1S/C24H30ClN3O2/c1-16-13-18(14-17(2)22(16)25)30-12-8-11-28-20-10-7-6-9-19(20)27-21(28)15-26-23(29)24(3,4)5/h6-7,9-10,13-14H,8,11-12,15H2,1-5H3,(H,26,29). The van der Waals surface area contributed by atoms with E-state index < -0.39 is 5.41 Å². The molecule has 1 amide bonds. The van der Waals surface area contributed by atoms with Gasteiger partial charge in [0.25, 0.3) is 0 Å². The minimum Gasteiger partial charge on any atom is -0.494 e. The van der Waals surface area contributed by atoms with Gasteiger partial charge in [0.05, 0.1) is 24.2 Å². The first kappa shape index (κ1) is 22.2. The van der Waals surface area contributed by atoms with Crippen LogP contribution in [0.25, 0.3) is 11.0 Å². The summed E-state index contributed by atoms with van der Waals surface area (Å²) in [7, 11) is 0. The molecule has 0 unspecified atom stereocenters. The van der Waals surface area contributed by atoms with E-state index in [0.717, 1.165) is 51.7 Å². The Bertz CT molecular complexity index is 1030. The molecular formula is C24H30ClN3O2. The molecule has 1 heterocycles. The van der Waals surface area contributed by atoms with Crippen LogP contribution in [0.5, 0.6) is 5.75 Å². The maximum Gasteiger partial charge on any atom is 0.225 e. The van der Waals surface area contributed by atoms with E-state index in [9.17, 15) is 4.79 Å². The summed E-state index contributed by atoms with van der Waals surface area (Å²) < 4.78 is 8.12. The van der Waals surface area contributed by atoms with Crippen molar-refractivity contribution in [1.29, 1.82) is 0 Å². The van der Waals surface area contributed by atoms with Crippen molar-refractivity contribution >= 4 is 28.5 Å². The Morgan fingerprint density at radius 3 is 2.50 bits per heavy atom. The lowest BCUT2D eigenvalue weighted by Gasteiger charge is -2.18. The minimum atomic E-state index is -0.431. The third kappa shape index (κ3) is 5.14. The summed E-state index contributed by atoms with van der Waals surface area (Å²) >= 11 is 6.24. The Hall–Kier alpha value is -2.53. The lowest BCUT2D eigenvalue weighted by Crippen LogP contribution is -2.35. The van der Waals surface area contributed by atoms with E-state index in [2.05, 4.69) is 16.0 Å². The number of fused-ring (bicyclic) bond motifs is 1. The number of ether oxygens (including phenoxy) is 1. The first-order valence-electron chi connectivity index (χ1n) is 10.3. The lowest BCUT2D eigenvalue weighted by atomic mass is 9.96. The zero-order valence-corrected chi connectivity index (χ0v) is 19.1.